The van der Waals surface area contributed by atoms with Gasteiger partial charge in [-0.05, 0) is 67.8 Å². The summed E-state index contributed by atoms with van der Waals surface area (Å²) >= 11 is 6.15. The molecule has 1 aliphatic rings. The van der Waals surface area contributed by atoms with Crippen molar-refractivity contribution in [2.75, 3.05) is 32.1 Å². The summed E-state index contributed by atoms with van der Waals surface area (Å²) in [5.74, 6) is 0.665. The summed E-state index contributed by atoms with van der Waals surface area (Å²) < 4.78 is 5.44. The van der Waals surface area contributed by atoms with Crippen LogP contribution in [0.25, 0.3) is 11.1 Å². The van der Waals surface area contributed by atoms with Gasteiger partial charge in [0.1, 0.15) is 11.5 Å². The number of aryl methyl sites for hydroxylation is 1. The van der Waals surface area contributed by atoms with Crippen LogP contribution < -0.4 is 16.0 Å². The molecule has 1 atom stereocenters. The van der Waals surface area contributed by atoms with Crippen molar-refractivity contribution in [1.82, 2.24) is 20.6 Å². The summed E-state index contributed by atoms with van der Waals surface area (Å²) in [6, 6.07) is 11.6. The Bertz CT molecular complexity index is 1090. The maximum Gasteiger partial charge on any atom is 0.268 e. The van der Waals surface area contributed by atoms with E-state index in [0.29, 0.717) is 23.3 Å². The molecule has 0 radical (unpaired) electrons. The lowest BCUT2D eigenvalue weighted by Gasteiger charge is -2.24. The zero-order valence-electron chi connectivity index (χ0n) is 19.0. The van der Waals surface area contributed by atoms with E-state index in [1.54, 1.807) is 0 Å². The van der Waals surface area contributed by atoms with Gasteiger partial charge in [0, 0.05) is 48.8 Å². The molecule has 0 saturated carbocycles. The Hall–Kier alpha value is -2.87. The molecule has 1 fully saturated rings. The fraction of sp³-hybridized carbons (Fsp3) is 0.360. The van der Waals surface area contributed by atoms with Gasteiger partial charge in [-0.3, -0.25) is 4.79 Å². The standard InChI is InChI=1S/C25H30ClN5O2/c1-16-13-29-24(30-20-6-8-33-9-7-20)12-21(16)18-11-22(28-14-18)25(32)31-23(15-27-2)17-4-3-5-19(26)10-17/h3-5,10-14,20,23,27-28H,6-9,15H2,1-2H3,(H,29,30)(H,31,32)/t23-/m1/s1. The van der Waals surface area contributed by atoms with Crippen LogP contribution in [0.2, 0.25) is 5.02 Å². The molecule has 33 heavy (non-hydrogen) atoms. The average Bonchev–Trinajstić information content (AvgIpc) is 3.31. The van der Waals surface area contributed by atoms with E-state index in [-0.39, 0.29) is 11.9 Å². The van der Waals surface area contributed by atoms with Crippen LogP contribution in [0.1, 0.15) is 40.5 Å². The molecule has 4 rings (SSSR count). The summed E-state index contributed by atoms with van der Waals surface area (Å²) in [7, 11) is 1.86. The van der Waals surface area contributed by atoms with Gasteiger partial charge in [0.2, 0.25) is 0 Å². The number of nitrogens with one attached hydrogen (secondary N) is 4. The molecule has 174 valence electrons. The van der Waals surface area contributed by atoms with E-state index in [4.69, 9.17) is 16.3 Å². The number of carbonyl (C=O) groups is 1. The van der Waals surface area contributed by atoms with Crippen LogP contribution in [-0.2, 0) is 4.74 Å². The first-order chi connectivity index (χ1) is 16.0. The van der Waals surface area contributed by atoms with Crippen LogP contribution in [-0.4, -0.2) is 48.7 Å². The Morgan fingerprint density at radius 2 is 2.09 bits per heavy atom. The summed E-state index contributed by atoms with van der Waals surface area (Å²) in [5, 5.41) is 10.4. The summed E-state index contributed by atoms with van der Waals surface area (Å²) in [4.78, 5) is 20.7. The number of anilines is 1. The zero-order valence-corrected chi connectivity index (χ0v) is 19.7. The second-order valence-electron chi connectivity index (χ2n) is 8.36. The van der Waals surface area contributed by atoms with E-state index in [0.717, 1.165) is 54.1 Å². The second kappa shape index (κ2) is 10.8. The quantitative estimate of drug-likeness (QED) is 0.396. The number of nitrogens with zero attached hydrogens (tertiary/aromatic N) is 1. The summed E-state index contributed by atoms with van der Waals surface area (Å²) in [5.41, 5.74) is 4.49. The van der Waals surface area contributed by atoms with Gasteiger partial charge >= 0.3 is 0 Å². The topological polar surface area (TPSA) is 91.1 Å². The van der Waals surface area contributed by atoms with Crippen molar-refractivity contribution >= 4 is 23.3 Å². The van der Waals surface area contributed by atoms with Crippen molar-refractivity contribution in [2.24, 2.45) is 0 Å². The summed E-state index contributed by atoms with van der Waals surface area (Å²) in [6.45, 7) is 4.16. The Balaban J connectivity index is 1.49. The fourth-order valence-corrected chi connectivity index (χ4v) is 4.26. The average molecular weight is 468 g/mol. The number of hydrogen-bond donors (Lipinski definition) is 4. The second-order valence-corrected chi connectivity index (χ2v) is 8.79. The molecule has 1 amide bonds. The third-order valence-electron chi connectivity index (χ3n) is 5.88. The number of aromatic nitrogens is 2. The minimum absolute atomic E-state index is 0.172. The van der Waals surface area contributed by atoms with Crippen LogP contribution in [0.15, 0.2) is 48.8 Å². The fourth-order valence-electron chi connectivity index (χ4n) is 4.06. The first-order valence-electron chi connectivity index (χ1n) is 11.2. The monoisotopic (exact) mass is 467 g/mol. The number of hydrogen-bond acceptors (Lipinski definition) is 5. The Morgan fingerprint density at radius 1 is 1.27 bits per heavy atom. The molecule has 0 unspecified atom stereocenters. The van der Waals surface area contributed by atoms with Gasteiger partial charge in [0.05, 0.1) is 6.04 Å². The minimum atomic E-state index is -0.203. The Kier molecular flexibility index (Phi) is 7.65. The van der Waals surface area contributed by atoms with E-state index in [9.17, 15) is 4.79 Å². The molecule has 7 nitrogen and oxygen atoms in total. The molecule has 0 spiro atoms. The maximum absolute atomic E-state index is 13.0. The molecule has 0 bridgehead atoms. The predicted octanol–water partition coefficient (Wildman–Crippen LogP) is 4.32. The van der Waals surface area contributed by atoms with Crippen molar-refractivity contribution in [3.63, 3.8) is 0 Å². The van der Waals surface area contributed by atoms with Crippen LogP contribution in [0.3, 0.4) is 0 Å². The smallest absolute Gasteiger partial charge is 0.268 e. The number of amides is 1. The minimum Gasteiger partial charge on any atom is -0.381 e. The highest BCUT2D eigenvalue weighted by Crippen LogP contribution is 2.27. The molecule has 8 heteroatoms. The van der Waals surface area contributed by atoms with Crippen LogP contribution in [0.4, 0.5) is 5.82 Å². The molecular formula is C25H30ClN5O2. The SMILES string of the molecule is CNC[C@@H](NC(=O)c1cc(-c2cc(NC3CCOCC3)ncc2C)c[nH]1)c1cccc(Cl)c1. The number of H-pyrrole nitrogens is 1. The predicted molar refractivity (Wildman–Crippen MR) is 132 cm³/mol. The first-order valence-corrected chi connectivity index (χ1v) is 11.6. The van der Waals surface area contributed by atoms with Gasteiger partial charge in [-0.2, -0.15) is 0 Å². The van der Waals surface area contributed by atoms with E-state index >= 15 is 0 Å². The van der Waals surface area contributed by atoms with E-state index in [1.807, 2.05) is 62.8 Å². The van der Waals surface area contributed by atoms with Gasteiger partial charge in [0.25, 0.3) is 5.91 Å². The van der Waals surface area contributed by atoms with Gasteiger partial charge in [-0.25, -0.2) is 4.98 Å². The van der Waals surface area contributed by atoms with E-state index in [1.165, 1.54) is 0 Å². The summed E-state index contributed by atoms with van der Waals surface area (Å²) in [6.07, 6.45) is 5.67. The van der Waals surface area contributed by atoms with Gasteiger partial charge < -0.3 is 25.7 Å². The van der Waals surface area contributed by atoms with E-state index < -0.39 is 0 Å². The van der Waals surface area contributed by atoms with Gasteiger partial charge in [0.15, 0.2) is 0 Å². The molecule has 3 aromatic rings. The van der Waals surface area contributed by atoms with E-state index in [2.05, 4.69) is 25.9 Å². The number of carbonyl (C=O) groups excluding carboxylic acids is 1. The number of halogens is 1. The number of likely N-dealkylation sites (N-methyl/N-ethyl adjacent to an activating group) is 1. The van der Waals surface area contributed by atoms with Crippen molar-refractivity contribution in [2.45, 2.75) is 31.8 Å². The molecular weight excluding hydrogens is 438 g/mol. The first kappa shape index (κ1) is 23.3. The molecule has 1 aromatic carbocycles. The number of ether oxygens (including phenoxy) is 1. The molecule has 0 aliphatic carbocycles. The van der Waals surface area contributed by atoms with Crippen molar-refractivity contribution in [3.05, 3.63) is 70.6 Å². The lowest BCUT2D eigenvalue weighted by molar-refractivity contribution is 0.0903. The largest absolute Gasteiger partial charge is 0.381 e. The van der Waals surface area contributed by atoms with Crippen molar-refractivity contribution < 1.29 is 9.53 Å². The van der Waals surface area contributed by atoms with Crippen LogP contribution in [0.5, 0.6) is 0 Å². The maximum atomic E-state index is 13.0. The van der Waals surface area contributed by atoms with Crippen molar-refractivity contribution in [3.8, 4) is 11.1 Å². The van der Waals surface area contributed by atoms with Crippen LogP contribution >= 0.6 is 11.6 Å². The number of aromatic amines is 1. The van der Waals surface area contributed by atoms with Gasteiger partial charge in [-0.1, -0.05) is 23.7 Å². The van der Waals surface area contributed by atoms with Gasteiger partial charge in [-0.15, -0.1) is 0 Å². The van der Waals surface area contributed by atoms with Crippen LogP contribution in [0, 0.1) is 6.92 Å². The normalized spacial score (nSPS) is 15.2. The molecule has 3 heterocycles. The Morgan fingerprint density at radius 3 is 2.85 bits per heavy atom. The zero-order chi connectivity index (χ0) is 23.2. The highest BCUT2D eigenvalue weighted by molar-refractivity contribution is 6.30. The molecule has 1 saturated heterocycles. The Labute approximate surface area is 199 Å². The third kappa shape index (κ3) is 5.93. The highest BCUT2D eigenvalue weighted by Gasteiger charge is 2.18. The third-order valence-corrected chi connectivity index (χ3v) is 6.11. The van der Waals surface area contributed by atoms with Crippen molar-refractivity contribution in [1.29, 1.82) is 0 Å². The molecule has 4 N–H and O–H groups in total. The number of rotatable bonds is 8. The lowest BCUT2D eigenvalue weighted by atomic mass is 10.0. The molecule has 1 aliphatic heterocycles. The number of pyridine rings is 1. The molecule has 2 aromatic heterocycles. The lowest BCUT2D eigenvalue weighted by Crippen LogP contribution is -2.34. The highest BCUT2D eigenvalue weighted by atomic mass is 35.5. The number of benzene rings is 1.